The van der Waals surface area contributed by atoms with Crippen molar-refractivity contribution in [2.75, 3.05) is 24.3 Å². The second-order valence-corrected chi connectivity index (χ2v) is 5.10. The number of hydrogen-bond donors (Lipinski definition) is 3. The number of nitrogens with one attached hydrogen (secondary N) is 3. The van der Waals surface area contributed by atoms with Gasteiger partial charge in [-0.25, -0.2) is 9.89 Å². The van der Waals surface area contributed by atoms with Crippen LogP contribution >= 0.6 is 11.6 Å². The second-order valence-electron chi connectivity index (χ2n) is 4.72. The number of rotatable bonds is 8. The summed E-state index contributed by atoms with van der Waals surface area (Å²) >= 11 is 5.65. The van der Waals surface area contributed by atoms with E-state index >= 15 is 0 Å². The van der Waals surface area contributed by atoms with E-state index < -0.39 is 12.1 Å². The highest BCUT2D eigenvalue weighted by molar-refractivity contribution is 6.18. The van der Waals surface area contributed by atoms with Crippen LogP contribution in [-0.4, -0.2) is 45.7 Å². The van der Waals surface area contributed by atoms with E-state index in [0.717, 1.165) is 11.3 Å². The summed E-state index contributed by atoms with van der Waals surface area (Å²) < 4.78 is 4.92. The van der Waals surface area contributed by atoms with Crippen LogP contribution in [0.2, 0.25) is 0 Å². The minimum atomic E-state index is -0.505. The van der Waals surface area contributed by atoms with Crippen molar-refractivity contribution < 1.29 is 9.53 Å². The van der Waals surface area contributed by atoms with Gasteiger partial charge in [-0.3, -0.25) is 0 Å². The molecule has 1 heterocycles. The van der Waals surface area contributed by atoms with Crippen LogP contribution in [0.4, 0.5) is 10.5 Å². The van der Waals surface area contributed by atoms with E-state index in [1.165, 1.54) is 0 Å². The summed E-state index contributed by atoms with van der Waals surface area (Å²) in [6.45, 7) is 2.75. The van der Waals surface area contributed by atoms with Crippen molar-refractivity contribution in [2.24, 2.45) is 0 Å². The number of benzene rings is 1. The number of amides is 1. The molecule has 0 bridgehead atoms. The zero-order valence-corrected chi connectivity index (χ0v) is 13.5. The van der Waals surface area contributed by atoms with Crippen molar-refractivity contribution in [1.29, 1.82) is 0 Å². The summed E-state index contributed by atoms with van der Waals surface area (Å²) in [5.41, 5.74) is 2.02. The molecule has 9 heteroatoms. The number of nitrogens with zero attached hydrogens (tertiary/aromatic N) is 3. The van der Waals surface area contributed by atoms with Crippen LogP contribution in [-0.2, 0) is 11.2 Å². The second kappa shape index (κ2) is 8.94. The zero-order valence-electron chi connectivity index (χ0n) is 12.8. The molecule has 0 fully saturated rings. The highest BCUT2D eigenvalue weighted by Crippen LogP contribution is 2.17. The van der Waals surface area contributed by atoms with Crippen LogP contribution in [0.5, 0.6) is 0 Å². The van der Waals surface area contributed by atoms with Gasteiger partial charge in [0.1, 0.15) is 0 Å². The molecule has 0 spiro atoms. The Kier molecular flexibility index (Phi) is 6.61. The molecule has 1 aromatic carbocycles. The molecule has 23 heavy (non-hydrogen) atoms. The number of alkyl carbamates (subject to hydrolysis) is 1. The lowest BCUT2D eigenvalue weighted by Gasteiger charge is -2.16. The molecule has 2 aromatic rings. The number of aromatic nitrogens is 4. The number of aromatic amines is 1. The maximum atomic E-state index is 11.7. The smallest absolute Gasteiger partial charge is 0.407 e. The molecule has 8 nitrogen and oxygen atoms in total. The Morgan fingerprint density at radius 1 is 1.39 bits per heavy atom. The predicted molar refractivity (Wildman–Crippen MR) is 86.4 cm³/mol. The number of alkyl halides is 1. The van der Waals surface area contributed by atoms with Crippen LogP contribution in [0.3, 0.4) is 0 Å². The van der Waals surface area contributed by atoms with Crippen molar-refractivity contribution in [3.05, 3.63) is 35.7 Å². The molecule has 0 aliphatic carbocycles. The average Bonchev–Trinajstić information content (AvgIpc) is 3.08. The van der Waals surface area contributed by atoms with E-state index in [1.54, 1.807) is 6.92 Å². The maximum Gasteiger partial charge on any atom is 0.407 e. The van der Waals surface area contributed by atoms with Gasteiger partial charge in [0, 0.05) is 24.5 Å². The molecular formula is C14H19ClN6O2. The predicted octanol–water partition coefficient (Wildman–Crippen LogP) is 1.88. The van der Waals surface area contributed by atoms with Gasteiger partial charge in [0.15, 0.2) is 5.82 Å². The van der Waals surface area contributed by atoms with Crippen LogP contribution < -0.4 is 10.6 Å². The van der Waals surface area contributed by atoms with Gasteiger partial charge in [0.05, 0.1) is 12.6 Å². The van der Waals surface area contributed by atoms with Crippen molar-refractivity contribution in [3.63, 3.8) is 0 Å². The molecule has 3 N–H and O–H groups in total. The molecule has 0 radical (unpaired) electrons. The number of hydrogen-bond acceptors (Lipinski definition) is 6. The van der Waals surface area contributed by atoms with E-state index in [4.69, 9.17) is 16.3 Å². The third kappa shape index (κ3) is 5.41. The number of carbonyl (C=O) groups excluding carboxylic acids is 1. The quantitative estimate of drug-likeness (QED) is 0.635. The monoisotopic (exact) mass is 338 g/mol. The van der Waals surface area contributed by atoms with Crippen molar-refractivity contribution in [2.45, 2.75) is 19.4 Å². The highest BCUT2D eigenvalue weighted by Gasteiger charge is 2.19. The summed E-state index contributed by atoms with van der Waals surface area (Å²) in [6.07, 6.45) is 0.0279. The van der Waals surface area contributed by atoms with Crippen molar-refractivity contribution >= 4 is 23.4 Å². The van der Waals surface area contributed by atoms with Crippen LogP contribution in [0.25, 0.3) is 0 Å². The number of anilines is 1. The third-order valence-corrected chi connectivity index (χ3v) is 3.27. The summed E-state index contributed by atoms with van der Waals surface area (Å²) in [4.78, 5) is 11.7. The fourth-order valence-corrected chi connectivity index (χ4v) is 2.13. The first kappa shape index (κ1) is 17.0. The van der Waals surface area contributed by atoms with E-state index in [-0.39, 0.29) is 0 Å². The lowest BCUT2D eigenvalue weighted by molar-refractivity contribution is 0.147. The highest BCUT2D eigenvalue weighted by atomic mass is 35.5. The Bertz CT molecular complexity index is 590. The zero-order chi connectivity index (χ0) is 16.5. The molecule has 0 saturated heterocycles. The summed E-state index contributed by atoms with van der Waals surface area (Å²) in [5, 5.41) is 19.6. The van der Waals surface area contributed by atoms with Crippen molar-refractivity contribution in [3.8, 4) is 0 Å². The van der Waals surface area contributed by atoms with E-state index in [2.05, 4.69) is 31.3 Å². The van der Waals surface area contributed by atoms with E-state index in [1.807, 2.05) is 24.3 Å². The molecule has 1 amide bonds. The third-order valence-electron chi connectivity index (χ3n) is 3.08. The largest absolute Gasteiger partial charge is 0.450 e. The van der Waals surface area contributed by atoms with E-state index in [9.17, 15) is 4.79 Å². The SMILES string of the molecule is CCOC(=O)NC(Cc1ccc(NCCCl)cc1)c1nnn[nH]1. The number of halogens is 1. The van der Waals surface area contributed by atoms with Crippen molar-refractivity contribution in [1.82, 2.24) is 25.9 Å². The fourth-order valence-electron chi connectivity index (χ4n) is 2.03. The Morgan fingerprint density at radius 3 is 2.78 bits per heavy atom. The van der Waals surface area contributed by atoms with Gasteiger partial charge in [-0.2, -0.15) is 0 Å². The first-order valence-electron chi connectivity index (χ1n) is 7.28. The van der Waals surface area contributed by atoms with Crippen LogP contribution in [0, 0.1) is 0 Å². The Hall–Kier alpha value is -2.35. The normalized spacial score (nSPS) is 11.7. The Morgan fingerprint density at radius 2 is 2.17 bits per heavy atom. The Labute approximate surface area is 138 Å². The van der Waals surface area contributed by atoms with Gasteiger partial charge in [-0.05, 0) is 35.0 Å². The first-order valence-corrected chi connectivity index (χ1v) is 7.82. The Balaban J connectivity index is 2.03. The first-order chi connectivity index (χ1) is 11.2. The summed E-state index contributed by atoms with van der Waals surface area (Å²) in [7, 11) is 0. The molecule has 1 aromatic heterocycles. The number of carbonyl (C=O) groups is 1. The topological polar surface area (TPSA) is 105 Å². The molecule has 0 aliphatic heterocycles. The minimum Gasteiger partial charge on any atom is -0.450 e. The average molecular weight is 339 g/mol. The lowest BCUT2D eigenvalue weighted by Crippen LogP contribution is -2.31. The molecule has 0 aliphatic rings. The molecule has 1 unspecified atom stereocenters. The fraction of sp³-hybridized carbons (Fsp3) is 0.429. The van der Waals surface area contributed by atoms with Gasteiger partial charge >= 0.3 is 6.09 Å². The van der Waals surface area contributed by atoms with Gasteiger partial charge < -0.3 is 15.4 Å². The summed E-state index contributed by atoms with van der Waals surface area (Å²) in [6, 6.07) is 7.47. The lowest BCUT2D eigenvalue weighted by atomic mass is 10.1. The number of ether oxygens (including phenoxy) is 1. The minimum absolute atomic E-state index is 0.300. The number of H-pyrrole nitrogens is 1. The van der Waals surface area contributed by atoms with Gasteiger partial charge in [0.25, 0.3) is 0 Å². The van der Waals surface area contributed by atoms with Gasteiger partial charge in [-0.15, -0.1) is 16.7 Å². The van der Waals surface area contributed by atoms with Gasteiger partial charge in [-0.1, -0.05) is 12.1 Å². The standard InChI is InChI=1S/C14H19ClN6O2/c1-2-23-14(22)17-12(13-18-20-21-19-13)9-10-3-5-11(6-4-10)16-8-7-15/h3-6,12,16H,2,7-9H2,1H3,(H,17,22)(H,18,19,20,21). The molecule has 0 saturated carbocycles. The number of tetrazole rings is 1. The molecule has 124 valence electrons. The van der Waals surface area contributed by atoms with Crippen LogP contribution in [0.1, 0.15) is 24.4 Å². The molecular weight excluding hydrogens is 320 g/mol. The maximum absolute atomic E-state index is 11.7. The van der Waals surface area contributed by atoms with E-state index in [0.29, 0.717) is 31.3 Å². The van der Waals surface area contributed by atoms with Gasteiger partial charge in [0.2, 0.25) is 0 Å². The van der Waals surface area contributed by atoms with Crippen LogP contribution in [0.15, 0.2) is 24.3 Å². The molecule has 2 rings (SSSR count). The molecule has 1 atom stereocenters. The summed E-state index contributed by atoms with van der Waals surface area (Å²) in [5.74, 6) is 1.02.